The minimum absolute atomic E-state index is 0.119. The summed E-state index contributed by atoms with van der Waals surface area (Å²) in [6.45, 7) is 1.72. The second kappa shape index (κ2) is 11.0. The Hall–Kier alpha value is -2.86. The highest BCUT2D eigenvalue weighted by atomic mass is 16.5. The van der Waals surface area contributed by atoms with Crippen LogP contribution in [-0.4, -0.2) is 39.4 Å². The topological polar surface area (TPSA) is 71.1 Å². The normalized spacial score (nSPS) is 10.3. The summed E-state index contributed by atoms with van der Waals surface area (Å²) in [7, 11) is 2.51. The van der Waals surface area contributed by atoms with Gasteiger partial charge in [-0.25, -0.2) is 9.59 Å². The summed E-state index contributed by atoms with van der Waals surface area (Å²) >= 11 is 0. The summed E-state index contributed by atoms with van der Waals surface area (Å²) in [4.78, 5) is 23.6. The van der Waals surface area contributed by atoms with Gasteiger partial charge in [0.15, 0.2) is 0 Å². The van der Waals surface area contributed by atoms with Crippen LogP contribution in [-0.2, 0) is 20.8 Å². The fourth-order valence-electron chi connectivity index (χ4n) is 2.44. The molecule has 0 unspecified atom stereocenters. The van der Waals surface area contributed by atoms with Gasteiger partial charge in [-0.2, -0.15) is 0 Å². The minimum Gasteiger partial charge on any atom is -0.494 e. The Bertz CT molecular complexity index is 742. The SMILES string of the molecule is COC(=O)c1ccc(OCCCCOCc2ccccc2)cc1C(=O)OC. The second-order valence-corrected chi connectivity index (χ2v) is 5.78. The number of carbonyl (C=O) groups excluding carboxylic acids is 2. The Kier molecular flexibility index (Phi) is 8.32. The third-order valence-electron chi connectivity index (χ3n) is 3.86. The fourth-order valence-corrected chi connectivity index (χ4v) is 2.44. The lowest BCUT2D eigenvalue weighted by molar-refractivity contribution is 0.0555. The van der Waals surface area contributed by atoms with Crippen LogP contribution in [0.4, 0.5) is 0 Å². The lowest BCUT2D eigenvalue weighted by Gasteiger charge is -2.10. The van der Waals surface area contributed by atoms with Crippen LogP contribution in [0.2, 0.25) is 0 Å². The molecule has 0 aliphatic carbocycles. The number of methoxy groups -OCH3 is 2. The summed E-state index contributed by atoms with van der Waals surface area (Å²) in [5, 5.41) is 0. The Balaban J connectivity index is 1.76. The van der Waals surface area contributed by atoms with Crippen LogP contribution in [0.5, 0.6) is 5.75 Å². The summed E-state index contributed by atoms with van der Waals surface area (Å²) in [5.74, 6) is -0.721. The van der Waals surface area contributed by atoms with Gasteiger partial charge in [-0.3, -0.25) is 0 Å². The van der Waals surface area contributed by atoms with Crippen molar-refractivity contribution < 1.29 is 28.5 Å². The van der Waals surface area contributed by atoms with E-state index >= 15 is 0 Å². The quantitative estimate of drug-likeness (QED) is 0.468. The van der Waals surface area contributed by atoms with E-state index < -0.39 is 11.9 Å². The lowest BCUT2D eigenvalue weighted by Crippen LogP contribution is -2.12. The molecule has 2 rings (SSSR count). The molecule has 0 N–H and O–H groups in total. The molecule has 0 fully saturated rings. The van der Waals surface area contributed by atoms with E-state index in [4.69, 9.17) is 14.2 Å². The molecule has 0 spiro atoms. The van der Waals surface area contributed by atoms with Crippen LogP contribution in [0, 0.1) is 0 Å². The molecule has 0 heterocycles. The summed E-state index contributed by atoms with van der Waals surface area (Å²) < 4.78 is 20.7. The maximum atomic E-state index is 11.9. The average molecular weight is 372 g/mol. The predicted molar refractivity (Wildman–Crippen MR) is 99.9 cm³/mol. The van der Waals surface area contributed by atoms with Crippen molar-refractivity contribution in [2.45, 2.75) is 19.4 Å². The van der Waals surface area contributed by atoms with Gasteiger partial charge in [0.25, 0.3) is 0 Å². The van der Waals surface area contributed by atoms with Crippen molar-refractivity contribution in [2.75, 3.05) is 27.4 Å². The molecular formula is C21H24O6. The Morgan fingerprint density at radius 2 is 1.48 bits per heavy atom. The molecule has 0 aliphatic rings. The summed E-state index contributed by atoms with van der Waals surface area (Å²) in [6.07, 6.45) is 1.66. The maximum Gasteiger partial charge on any atom is 0.338 e. The monoisotopic (exact) mass is 372 g/mol. The van der Waals surface area contributed by atoms with Gasteiger partial charge < -0.3 is 18.9 Å². The molecule has 0 saturated carbocycles. The largest absolute Gasteiger partial charge is 0.494 e. The van der Waals surface area contributed by atoms with E-state index in [0.717, 1.165) is 18.4 Å². The first-order valence-electron chi connectivity index (χ1n) is 8.71. The van der Waals surface area contributed by atoms with Crippen molar-refractivity contribution in [2.24, 2.45) is 0 Å². The third kappa shape index (κ3) is 6.42. The molecule has 0 saturated heterocycles. The first-order chi connectivity index (χ1) is 13.2. The van der Waals surface area contributed by atoms with Gasteiger partial charge in [0, 0.05) is 6.61 Å². The number of unbranched alkanes of at least 4 members (excludes halogenated alkanes) is 1. The molecule has 0 aromatic heterocycles. The van der Waals surface area contributed by atoms with E-state index in [0.29, 0.717) is 25.6 Å². The van der Waals surface area contributed by atoms with Gasteiger partial charge in [0.05, 0.1) is 38.6 Å². The van der Waals surface area contributed by atoms with E-state index in [1.165, 1.54) is 26.4 Å². The maximum absolute atomic E-state index is 11.9. The van der Waals surface area contributed by atoms with Crippen molar-refractivity contribution in [3.63, 3.8) is 0 Å². The Morgan fingerprint density at radius 1 is 0.815 bits per heavy atom. The standard InChI is InChI=1S/C21H24O6/c1-24-20(22)18-11-10-17(14-19(18)21(23)25-2)27-13-7-6-12-26-15-16-8-4-3-5-9-16/h3-5,8-11,14H,6-7,12-13,15H2,1-2H3. The van der Waals surface area contributed by atoms with Gasteiger partial charge >= 0.3 is 11.9 Å². The molecule has 0 bridgehead atoms. The molecule has 0 atom stereocenters. The zero-order valence-corrected chi connectivity index (χ0v) is 15.6. The molecule has 144 valence electrons. The van der Waals surface area contributed by atoms with E-state index in [1.54, 1.807) is 6.07 Å². The molecule has 6 nitrogen and oxygen atoms in total. The molecule has 0 aliphatic heterocycles. The molecular weight excluding hydrogens is 348 g/mol. The van der Waals surface area contributed by atoms with Crippen molar-refractivity contribution in [1.29, 1.82) is 0 Å². The number of benzene rings is 2. The van der Waals surface area contributed by atoms with Crippen LogP contribution in [0.1, 0.15) is 39.1 Å². The van der Waals surface area contributed by atoms with Crippen LogP contribution in [0.3, 0.4) is 0 Å². The second-order valence-electron chi connectivity index (χ2n) is 5.78. The Morgan fingerprint density at radius 3 is 2.19 bits per heavy atom. The molecule has 2 aromatic carbocycles. The average Bonchev–Trinajstić information content (AvgIpc) is 2.72. The summed E-state index contributed by atoms with van der Waals surface area (Å²) in [6, 6.07) is 14.6. The van der Waals surface area contributed by atoms with E-state index in [1.807, 2.05) is 30.3 Å². The van der Waals surface area contributed by atoms with Gasteiger partial charge in [0.1, 0.15) is 5.75 Å². The van der Waals surface area contributed by atoms with Crippen LogP contribution < -0.4 is 4.74 Å². The summed E-state index contributed by atoms with van der Waals surface area (Å²) in [5.41, 5.74) is 1.41. The molecule has 6 heteroatoms. The van der Waals surface area contributed by atoms with Gasteiger partial charge in [-0.05, 0) is 36.6 Å². The predicted octanol–water partition coefficient (Wildman–Crippen LogP) is 3.64. The van der Waals surface area contributed by atoms with Crippen LogP contribution in [0.25, 0.3) is 0 Å². The third-order valence-corrected chi connectivity index (χ3v) is 3.86. The minimum atomic E-state index is -0.616. The van der Waals surface area contributed by atoms with Crippen molar-refractivity contribution in [1.82, 2.24) is 0 Å². The first kappa shape index (κ1) is 20.5. The smallest absolute Gasteiger partial charge is 0.338 e. The zero-order valence-electron chi connectivity index (χ0n) is 15.6. The highest BCUT2D eigenvalue weighted by Gasteiger charge is 2.19. The van der Waals surface area contributed by atoms with Crippen LogP contribution in [0.15, 0.2) is 48.5 Å². The molecule has 0 amide bonds. The highest BCUT2D eigenvalue weighted by molar-refractivity contribution is 6.03. The number of esters is 2. The number of rotatable bonds is 10. The van der Waals surface area contributed by atoms with Crippen LogP contribution >= 0.6 is 0 Å². The first-order valence-corrected chi connectivity index (χ1v) is 8.71. The van der Waals surface area contributed by atoms with Crippen molar-refractivity contribution >= 4 is 11.9 Å². The lowest BCUT2D eigenvalue weighted by atomic mass is 10.1. The number of hydrogen-bond acceptors (Lipinski definition) is 6. The van der Waals surface area contributed by atoms with Gasteiger partial charge in [-0.15, -0.1) is 0 Å². The van der Waals surface area contributed by atoms with E-state index in [2.05, 4.69) is 4.74 Å². The molecule has 27 heavy (non-hydrogen) atoms. The number of carbonyl (C=O) groups is 2. The van der Waals surface area contributed by atoms with Gasteiger partial charge in [0.2, 0.25) is 0 Å². The Labute approximate surface area is 159 Å². The van der Waals surface area contributed by atoms with Gasteiger partial charge in [-0.1, -0.05) is 30.3 Å². The number of ether oxygens (including phenoxy) is 4. The molecule has 2 aromatic rings. The molecule has 0 radical (unpaired) electrons. The number of hydrogen-bond donors (Lipinski definition) is 0. The van der Waals surface area contributed by atoms with E-state index in [9.17, 15) is 9.59 Å². The highest BCUT2D eigenvalue weighted by Crippen LogP contribution is 2.20. The zero-order chi connectivity index (χ0) is 19.5. The fraction of sp³-hybridized carbons (Fsp3) is 0.333. The van der Waals surface area contributed by atoms with E-state index in [-0.39, 0.29) is 11.1 Å². The van der Waals surface area contributed by atoms with Crippen molar-refractivity contribution in [3.8, 4) is 5.75 Å². The van der Waals surface area contributed by atoms with Crippen molar-refractivity contribution in [3.05, 3.63) is 65.2 Å².